The highest BCUT2D eigenvalue weighted by molar-refractivity contribution is 7.99. The number of thioether (sulfide) groups is 1. The summed E-state index contributed by atoms with van der Waals surface area (Å²) in [5, 5.41) is 11.1. The number of nitrogens with zero attached hydrogens (tertiary/aromatic N) is 4. The van der Waals surface area contributed by atoms with Crippen LogP contribution in [-0.4, -0.2) is 69.5 Å². The van der Waals surface area contributed by atoms with Gasteiger partial charge in [0.15, 0.2) is 5.82 Å². The molecule has 7 nitrogen and oxygen atoms in total. The Morgan fingerprint density at radius 2 is 1.44 bits per heavy atom. The van der Waals surface area contributed by atoms with Crippen molar-refractivity contribution in [2.45, 2.75) is 17.2 Å². The summed E-state index contributed by atoms with van der Waals surface area (Å²) >= 11 is 1.36. The van der Waals surface area contributed by atoms with E-state index in [-0.39, 0.29) is 23.5 Å². The number of halogens is 2. The molecule has 34 heavy (non-hydrogen) atoms. The number of aliphatic hydroxyl groups is 1. The van der Waals surface area contributed by atoms with E-state index in [4.69, 9.17) is 11.5 Å². The average molecular weight is 487 g/mol. The highest BCUT2D eigenvalue weighted by Gasteiger charge is 2.27. The van der Waals surface area contributed by atoms with Gasteiger partial charge < -0.3 is 16.6 Å². The minimum Gasteiger partial charge on any atom is -0.394 e. The Morgan fingerprint density at radius 3 is 2.00 bits per heavy atom. The van der Waals surface area contributed by atoms with Gasteiger partial charge in [-0.1, -0.05) is 24.3 Å². The number of nitrogens with two attached hydrogens (primary N) is 2. The Morgan fingerprint density at radius 1 is 0.882 bits per heavy atom. The number of hydrogen-bond acceptors (Lipinski definition) is 8. The monoisotopic (exact) mass is 486 g/mol. The molecule has 1 aromatic heterocycles. The summed E-state index contributed by atoms with van der Waals surface area (Å²) in [7, 11) is 0. The zero-order valence-electron chi connectivity index (χ0n) is 18.6. The molecule has 10 heteroatoms. The van der Waals surface area contributed by atoms with Crippen LogP contribution in [0.2, 0.25) is 0 Å². The number of nitrogen functional groups attached to an aromatic ring is 2. The lowest BCUT2D eigenvalue weighted by Crippen LogP contribution is -2.50. The van der Waals surface area contributed by atoms with Crippen LogP contribution >= 0.6 is 11.8 Å². The fourth-order valence-electron chi connectivity index (χ4n) is 4.14. The normalized spacial score (nSPS) is 16.1. The topological polar surface area (TPSA) is 105 Å². The van der Waals surface area contributed by atoms with E-state index in [9.17, 15) is 13.9 Å². The number of anilines is 2. The summed E-state index contributed by atoms with van der Waals surface area (Å²) in [5.74, 6) is 0.101. The largest absolute Gasteiger partial charge is 0.394 e. The number of aliphatic hydroxyl groups excluding tert-OH is 1. The second-order valence-corrected chi connectivity index (χ2v) is 9.29. The van der Waals surface area contributed by atoms with Crippen LogP contribution in [0, 0.1) is 11.6 Å². The smallest absolute Gasteiger partial charge is 0.151 e. The zero-order valence-corrected chi connectivity index (χ0v) is 19.5. The predicted molar refractivity (Wildman–Crippen MR) is 130 cm³/mol. The number of aromatic nitrogens is 2. The maximum absolute atomic E-state index is 13.5. The lowest BCUT2D eigenvalue weighted by Gasteiger charge is -2.40. The van der Waals surface area contributed by atoms with Crippen LogP contribution in [0.25, 0.3) is 0 Å². The van der Waals surface area contributed by atoms with E-state index in [1.165, 1.54) is 42.4 Å². The van der Waals surface area contributed by atoms with Gasteiger partial charge >= 0.3 is 0 Å². The van der Waals surface area contributed by atoms with Gasteiger partial charge in [-0.2, -0.15) is 0 Å². The molecule has 0 spiro atoms. The van der Waals surface area contributed by atoms with Crippen molar-refractivity contribution < 1.29 is 13.9 Å². The zero-order chi connectivity index (χ0) is 24.1. The lowest BCUT2D eigenvalue weighted by molar-refractivity contribution is 0.0708. The number of rotatable bonds is 8. The molecule has 1 aliphatic rings. The molecule has 1 aliphatic heterocycles. The van der Waals surface area contributed by atoms with Gasteiger partial charge in [0.2, 0.25) is 0 Å². The second-order valence-electron chi connectivity index (χ2n) is 8.28. The molecule has 1 fully saturated rings. The molecule has 2 aromatic carbocycles. The summed E-state index contributed by atoms with van der Waals surface area (Å²) in [6.07, 6.45) is 0.801. The van der Waals surface area contributed by atoms with Gasteiger partial charge in [0, 0.05) is 38.5 Å². The van der Waals surface area contributed by atoms with Crippen molar-refractivity contribution in [1.82, 2.24) is 19.8 Å². The fourth-order valence-corrected chi connectivity index (χ4v) is 4.98. The molecule has 4 rings (SSSR count). The molecule has 0 bridgehead atoms. The molecular weight excluding hydrogens is 458 g/mol. The molecule has 5 N–H and O–H groups in total. The molecule has 1 unspecified atom stereocenters. The van der Waals surface area contributed by atoms with Crippen LogP contribution in [0.3, 0.4) is 0 Å². The van der Waals surface area contributed by atoms with Gasteiger partial charge in [0.1, 0.15) is 28.7 Å². The van der Waals surface area contributed by atoms with E-state index >= 15 is 0 Å². The Labute approximate surface area is 201 Å². The van der Waals surface area contributed by atoms with Crippen molar-refractivity contribution in [3.8, 4) is 0 Å². The van der Waals surface area contributed by atoms with E-state index in [2.05, 4.69) is 19.8 Å². The van der Waals surface area contributed by atoms with Crippen LogP contribution < -0.4 is 11.5 Å². The lowest BCUT2D eigenvalue weighted by atomic mass is 9.96. The van der Waals surface area contributed by atoms with Gasteiger partial charge in [-0.25, -0.2) is 18.7 Å². The van der Waals surface area contributed by atoms with Gasteiger partial charge in [-0.05, 0) is 35.4 Å². The molecular formula is C24H28F2N6OS. The van der Waals surface area contributed by atoms with Crippen molar-refractivity contribution >= 4 is 23.3 Å². The van der Waals surface area contributed by atoms with Crippen molar-refractivity contribution in [3.63, 3.8) is 0 Å². The molecule has 3 aromatic rings. The third-order valence-corrected chi connectivity index (χ3v) is 7.05. The van der Waals surface area contributed by atoms with Crippen molar-refractivity contribution in [2.24, 2.45) is 0 Å². The van der Waals surface area contributed by atoms with Crippen molar-refractivity contribution in [2.75, 3.05) is 49.9 Å². The van der Waals surface area contributed by atoms with Gasteiger partial charge in [-0.3, -0.25) is 9.80 Å². The van der Waals surface area contributed by atoms with Crippen LogP contribution in [0.15, 0.2) is 59.9 Å². The molecule has 0 aliphatic carbocycles. The van der Waals surface area contributed by atoms with E-state index in [0.717, 1.165) is 37.3 Å². The second kappa shape index (κ2) is 11.1. The van der Waals surface area contributed by atoms with Crippen LogP contribution in [0.5, 0.6) is 0 Å². The molecule has 0 saturated carbocycles. The first kappa shape index (κ1) is 24.3. The SMILES string of the molecule is Nc1ncnc(SCC(O)CN2CCN(C(c3ccc(F)cc3)c3ccc(F)cc3)CC2)c1N. The Hall–Kier alpha value is -2.79. The molecule has 2 heterocycles. The number of hydrogen-bond donors (Lipinski definition) is 3. The minimum absolute atomic E-state index is 0.102. The molecule has 1 atom stereocenters. The number of piperazine rings is 1. The Kier molecular flexibility index (Phi) is 7.94. The summed E-state index contributed by atoms with van der Waals surface area (Å²) < 4.78 is 27.0. The summed E-state index contributed by atoms with van der Waals surface area (Å²) in [6, 6.07) is 12.8. The quantitative estimate of drug-likeness (QED) is 0.330. The highest BCUT2D eigenvalue weighted by Crippen LogP contribution is 2.30. The fraction of sp³-hybridized carbons (Fsp3) is 0.333. The van der Waals surface area contributed by atoms with E-state index in [1.54, 1.807) is 24.3 Å². The van der Waals surface area contributed by atoms with Gasteiger partial charge in [0.05, 0.1) is 12.1 Å². The van der Waals surface area contributed by atoms with E-state index in [0.29, 0.717) is 23.0 Å². The molecule has 0 amide bonds. The number of β-amino-alcohol motifs (C(OH)–C–C–N with tert-alkyl or cyclic N) is 1. The van der Waals surface area contributed by atoms with Crippen molar-refractivity contribution in [3.05, 3.63) is 77.6 Å². The highest BCUT2D eigenvalue weighted by atomic mass is 32.2. The molecule has 1 saturated heterocycles. The van der Waals surface area contributed by atoms with E-state index < -0.39 is 6.10 Å². The number of benzene rings is 2. The molecule has 0 radical (unpaired) electrons. The maximum Gasteiger partial charge on any atom is 0.151 e. The van der Waals surface area contributed by atoms with E-state index in [1.807, 2.05) is 0 Å². The molecule has 180 valence electrons. The third kappa shape index (κ3) is 6.01. The Bertz CT molecular complexity index is 1030. The first-order valence-corrected chi connectivity index (χ1v) is 12.0. The first-order chi connectivity index (χ1) is 16.4. The van der Waals surface area contributed by atoms with Crippen molar-refractivity contribution in [1.29, 1.82) is 0 Å². The maximum atomic E-state index is 13.5. The standard InChI is InChI=1S/C24H28F2N6OS/c25-18-5-1-16(2-6-18)22(17-3-7-19(26)8-4-17)32-11-9-31(10-12-32)13-20(33)14-34-24-21(27)23(28)29-15-30-24/h1-8,15,20,22,33H,9-14,27H2,(H2,28,29,30). The third-order valence-electron chi connectivity index (χ3n) is 5.90. The minimum atomic E-state index is -0.558. The Balaban J connectivity index is 1.36. The summed E-state index contributed by atoms with van der Waals surface area (Å²) in [4.78, 5) is 12.5. The summed E-state index contributed by atoms with van der Waals surface area (Å²) in [5.41, 5.74) is 13.9. The van der Waals surface area contributed by atoms with Gasteiger partial charge in [-0.15, -0.1) is 11.8 Å². The van der Waals surface area contributed by atoms with Crippen LogP contribution in [0.4, 0.5) is 20.3 Å². The van der Waals surface area contributed by atoms with Crippen LogP contribution in [-0.2, 0) is 0 Å². The van der Waals surface area contributed by atoms with Crippen LogP contribution in [0.1, 0.15) is 17.2 Å². The summed E-state index contributed by atoms with van der Waals surface area (Å²) in [6.45, 7) is 3.58. The average Bonchev–Trinajstić information content (AvgIpc) is 2.84. The van der Waals surface area contributed by atoms with Gasteiger partial charge in [0.25, 0.3) is 0 Å². The predicted octanol–water partition coefficient (Wildman–Crippen LogP) is 2.78. The first-order valence-electron chi connectivity index (χ1n) is 11.0.